The second kappa shape index (κ2) is 10.0. The van der Waals surface area contributed by atoms with Gasteiger partial charge in [-0.25, -0.2) is 0 Å². The molecule has 118 valence electrons. The van der Waals surface area contributed by atoms with E-state index in [0.717, 1.165) is 31.1 Å². The van der Waals surface area contributed by atoms with E-state index in [1.807, 2.05) is 36.1 Å². The molecule has 0 radical (unpaired) electrons. The van der Waals surface area contributed by atoms with Crippen LogP contribution in [0.1, 0.15) is 20.3 Å². The third-order valence-corrected chi connectivity index (χ3v) is 3.00. The van der Waals surface area contributed by atoms with Gasteiger partial charge in [0.1, 0.15) is 18.1 Å². The van der Waals surface area contributed by atoms with Gasteiger partial charge in [0.15, 0.2) is 0 Å². The Bertz CT molecular complexity index is 405. The molecule has 0 aliphatic carbocycles. The molecule has 0 N–H and O–H groups in total. The predicted molar refractivity (Wildman–Crippen MR) is 81.9 cm³/mol. The highest BCUT2D eigenvalue weighted by atomic mass is 16.5. The largest absolute Gasteiger partial charge is 0.494 e. The van der Waals surface area contributed by atoms with Crippen LogP contribution in [0.15, 0.2) is 24.3 Å². The zero-order valence-corrected chi connectivity index (χ0v) is 13.1. The quantitative estimate of drug-likeness (QED) is 0.620. The summed E-state index contributed by atoms with van der Waals surface area (Å²) in [6.07, 6.45) is 0.991. The first kappa shape index (κ1) is 17.3. The molecule has 0 unspecified atom stereocenters. The molecular formula is C16H25NO4. The highest BCUT2D eigenvalue weighted by molar-refractivity contribution is 5.71. The van der Waals surface area contributed by atoms with Crippen LogP contribution in [-0.2, 0) is 9.53 Å². The van der Waals surface area contributed by atoms with E-state index in [-0.39, 0.29) is 5.97 Å². The summed E-state index contributed by atoms with van der Waals surface area (Å²) in [7, 11) is 1.40. The zero-order chi connectivity index (χ0) is 15.5. The molecule has 0 saturated carbocycles. The lowest BCUT2D eigenvalue weighted by molar-refractivity contribution is -0.141. The van der Waals surface area contributed by atoms with Gasteiger partial charge in [-0.15, -0.1) is 0 Å². The van der Waals surface area contributed by atoms with Crippen LogP contribution in [0, 0.1) is 0 Å². The smallest absolute Gasteiger partial charge is 0.319 e. The van der Waals surface area contributed by atoms with Crippen LogP contribution >= 0.6 is 0 Å². The molecule has 0 aliphatic heterocycles. The van der Waals surface area contributed by atoms with Crippen molar-refractivity contribution in [3.63, 3.8) is 0 Å². The number of ether oxygens (including phenoxy) is 3. The Hall–Kier alpha value is -1.75. The van der Waals surface area contributed by atoms with E-state index in [2.05, 4.69) is 11.7 Å². The summed E-state index contributed by atoms with van der Waals surface area (Å²) in [5, 5.41) is 0. The zero-order valence-electron chi connectivity index (χ0n) is 13.1. The molecule has 0 amide bonds. The summed E-state index contributed by atoms with van der Waals surface area (Å²) in [6, 6.07) is 7.58. The van der Waals surface area contributed by atoms with Crippen LogP contribution in [0.5, 0.6) is 11.5 Å². The Morgan fingerprint density at radius 1 is 1.05 bits per heavy atom. The number of esters is 1. The van der Waals surface area contributed by atoms with Crippen molar-refractivity contribution in [2.45, 2.75) is 20.3 Å². The van der Waals surface area contributed by atoms with Crippen molar-refractivity contribution in [2.75, 3.05) is 40.0 Å². The monoisotopic (exact) mass is 295 g/mol. The maximum absolute atomic E-state index is 11.2. The second-order valence-corrected chi connectivity index (χ2v) is 4.61. The number of hydrogen-bond donors (Lipinski definition) is 0. The highest BCUT2D eigenvalue weighted by Gasteiger charge is 2.08. The number of carbonyl (C=O) groups is 1. The van der Waals surface area contributed by atoms with Crippen LogP contribution in [0.2, 0.25) is 0 Å². The molecule has 5 nitrogen and oxygen atoms in total. The maximum atomic E-state index is 11.2. The van der Waals surface area contributed by atoms with E-state index >= 15 is 0 Å². The van der Waals surface area contributed by atoms with Crippen LogP contribution in [0.3, 0.4) is 0 Å². The molecule has 1 aromatic rings. The Balaban J connectivity index is 2.32. The summed E-state index contributed by atoms with van der Waals surface area (Å²) < 4.78 is 15.8. The topological polar surface area (TPSA) is 48.0 Å². The molecule has 5 heteroatoms. The SMILES string of the molecule is CCCOc1ccc(OCCN(CC)CC(=O)OC)cc1. The van der Waals surface area contributed by atoms with E-state index in [0.29, 0.717) is 19.7 Å². The molecule has 0 heterocycles. The van der Waals surface area contributed by atoms with Crippen molar-refractivity contribution in [1.82, 2.24) is 4.90 Å². The lowest BCUT2D eigenvalue weighted by Crippen LogP contribution is -2.33. The highest BCUT2D eigenvalue weighted by Crippen LogP contribution is 2.17. The van der Waals surface area contributed by atoms with Gasteiger partial charge in [0.05, 0.1) is 20.3 Å². The molecule has 0 atom stereocenters. The van der Waals surface area contributed by atoms with Crippen LogP contribution in [-0.4, -0.2) is 50.8 Å². The van der Waals surface area contributed by atoms with E-state index < -0.39 is 0 Å². The minimum absolute atomic E-state index is 0.228. The Morgan fingerprint density at radius 2 is 1.62 bits per heavy atom. The number of likely N-dealkylation sites (N-methyl/N-ethyl adjacent to an activating group) is 1. The van der Waals surface area contributed by atoms with E-state index in [1.165, 1.54) is 7.11 Å². The number of methoxy groups -OCH3 is 1. The van der Waals surface area contributed by atoms with Crippen molar-refractivity contribution in [1.29, 1.82) is 0 Å². The van der Waals surface area contributed by atoms with Crippen molar-refractivity contribution in [3.05, 3.63) is 24.3 Å². The summed E-state index contributed by atoms with van der Waals surface area (Å²) >= 11 is 0. The average Bonchev–Trinajstić information content (AvgIpc) is 2.52. The third-order valence-electron chi connectivity index (χ3n) is 3.00. The molecule has 1 rings (SSSR count). The molecule has 0 saturated heterocycles. The Labute approximate surface area is 126 Å². The van der Waals surface area contributed by atoms with Gasteiger partial charge in [0, 0.05) is 6.54 Å². The third kappa shape index (κ3) is 6.99. The molecular weight excluding hydrogens is 270 g/mol. The summed E-state index contributed by atoms with van der Waals surface area (Å²) in [6.45, 7) is 7.08. The minimum Gasteiger partial charge on any atom is -0.494 e. The van der Waals surface area contributed by atoms with E-state index in [9.17, 15) is 4.79 Å². The fourth-order valence-electron chi connectivity index (χ4n) is 1.74. The van der Waals surface area contributed by atoms with Gasteiger partial charge in [0.25, 0.3) is 0 Å². The van der Waals surface area contributed by atoms with Crippen LogP contribution < -0.4 is 9.47 Å². The Kier molecular flexibility index (Phi) is 8.28. The lowest BCUT2D eigenvalue weighted by Gasteiger charge is -2.19. The van der Waals surface area contributed by atoms with Gasteiger partial charge in [-0.05, 0) is 37.2 Å². The van der Waals surface area contributed by atoms with Crippen molar-refractivity contribution >= 4 is 5.97 Å². The molecule has 0 aliphatic rings. The number of nitrogens with zero attached hydrogens (tertiary/aromatic N) is 1. The second-order valence-electron chi connectivity index (χ2n) is 4.61. The van der Waals surface area contributed by atoms with E-state index in [1.54, 1.807) is 0 Å². The Morgan fingerprint density at radius 3 is 2.10 bits per heavy atom. The standard InChI is InChI=1S/C16H25NO4/c1-4-11-20-14-6-8-15(9-7-14)21-12-10-17(5-2)13-16(18)19-3/h6-9H,4-5,10-13H2,1-3H3. The average molecular weight is 295 g/mol. The number of hydrogen-bond acceptors (Lipinski definition) is 5. The molecule has 21 heavy (non-hydrogen) atoms. The number of carbonyl (C=O) groups excluding carboxylic acids is 1. The summed E-state index contributed by atoms with van der Waals surface area (Å²) in [5.41, 5.74) is 0. The first-order chi connectivity index (χ1) is 10.2. The van der Waals surface area contributed by atoms with Gasteiger partial charge >= 0.3 is 5.97 Å². The van der Waals surface area contributed by atoms with Crippen molar-refractivity contribution in [2.24, 2.45) is 0 Å². The predicted octanol–water partition coefficient (Wildman–Crippen LogP) is 2.35. The maximum Gasteiger partial charge on any atom is 0.319 e. The van der Waals surface area contributed by atoms with Crippen LogP contribution in [0.4, 0.5) is 0 Å². The van der Waals surface area contributed by atoms with Crippen molar-refractivity contribution < 1.29 is 19.0 Å². The fourth-order valence-corrected chi connectivity index (χ4v) is 1.74. The normalized spacial score (nSPS) is 10.5. The summed E-state index contributed by atoms with van der Waals surface area (Å²) in [4.78, 5) is 13.2. The number of benzene rings is 1. The van der Waals surface area contributed by atoms with Gasteiger partial charge < -0.3 is 14.2 Å². The molecule has 0 fully saturated rings. The minimum atomic E-state index is -0.228. The molecule has 0 bridgehead atoms. The van der Waals surface area contributed by atoms with Gasteiger partial charge in [-0.2, -0.15) is 0 Å². The van der Waals surface area contributed by atoms with Crippen LogP contribution in [0.25, 0.3) is 0 Å². The first-order valence-corrected chi connectivity index (χ1v) is 7.34. The summed E-state index contributed by atoms with van der Waals surface area (Å²) in [5.74, 6) is 1.42. The van der Waals surface area contributed by atoms with Gasteiger partial charge in [-0.1, -0.05) is 13.8 Å². The van der Waals surface area contributed by atoms with Crippen molar-refractivity contribution in [3.8, 4) is 11.5 Å². The van der Waals surface area contributed by atoms with Gasteiger partial charge in [-0.3, -0.25) is 9.69 Å². The fraction of sp³-hybridized carbons (Fsp3) is 0.562. The lowest BCUT2D eigenvalue weighted by atomic mass is 10.3. The molecule has 0 aromatic heterocycles. The number of rotatable bonds is 10. The van der Waals surface area contributed by atoms with E-state index in [4.69, 9.17) is 9.47 Å². The molecule has 1 aromatic carbocycles. The first-order valence-electron chi connectivity index (χ1n) is 7.34. The van der Waals surface area contributed by atoms with Gasteiger partial charge in [0.2, 0.25) is 0 Å². The molecule has 0 spiro atoms.